The number of aromatic amines is 1. The SMILES string of the molecule is CCOc1ccc(CN(CCc2c[nH]c3ccccc23)Cc2nc(C(=O)N[C@@H](C)c3ccccc3)co2)cc1. The molecule has 0 unspecified atom stereocenters. The molecule has 2 heterocycles. The maximum Gasteiger partial charge on any atom is 0.273 e. The van der Waals surface area contributed by atoms with Crippen LogP contribution in [-0.2, 0) is 19.5 Å². The van der Waals surface area contributed by atoms with Gasteiger partial charge >= 0.3 is 0 Å². The normalized spacial score (nSPS) is 12.1. The first-order valence-electron chi connectivity index (χ1n) is 13.4. The van der Waals surface area contributed by atoms with E-state index in [1.807, 2.05) is 62.4 Å². The van der Waals surface area contributed by atoms with E-state index in [0.29, 0.717) is 25.6 Å². The molecule has 0 aliphatic carbocycles. The fourth-order valence-corrected chi connectivity index (χ4v) is 4.72. The average Bonchev–Trinajstić information content (AvgIpc) is 3.61. The summed E-state index contributed by atoms with van der Waals surface area (Å²) in [7, 11) is 0. The summed E-state index contributed by atoms with van der Waals surface area (Å²) < 4.78 is 11.4. The second-order valence-electron chi connectivity index (χ2n) is 9.63. The quantitative estimate of drug-likeness (QED) is 0.201. The van der Waals surface area contributed by atoms with Gasteiger partial charge in [0.05, 0.1) is 19.2 Å². The lowest BCUT2D eigenvalue weighted by Gasteiger charge is -2.21. The van der Waals surface area contributed by atoms with Gasteiger partial charge in [0.2, 0.25) is 5.89 Å². The molecule has 0 saturated carbocycles. The predicted octanol–water partition coefficient (Wildman–Crippen LogP) is 6.29. The fourth-order valence-electron chi connectivity index (χ4n) is 4.72. The van der Waals surface area contributed by atoms with Gasteiger partial charge < -0.3 is 19.5 Å². The molecule has 39 heavy (non-hydrogen) atoms. The molecule has 0 aliphatic rings. The van der Waals surface area contributed by atoms with Gasteiger partial charge in [0.15, 0.2) is 5.69 Å². The second-order valence-corrected chi connectivity index (χ2v) is 9.63. The summed E-state index contributed by atoms with van der Waals surface area (Å²) in [4.78, 5) is 23.0. The molecule has 7 heteroatoms. The van der Waals surface area contributed by atoms with Crippen molar-refractivity contribution < 1.29 is 13.9 Å². The van der Waals surface area contributed by atoms with Crippen LogP contribution in [0.15, 0.2) is 95.7 Å². The number of ether oxygens (including phenoxy) is 1. The maximum atomic E-state index is 12.8. The van der Waals surface area contributed by atoms with Gasteiger partial charge in [-0.2, -0.15) is 0 Å². The van der Waals surface area contributed by atoms with Crippen molar-refractivity contribution in [1.82, 2.24) is 20.2 Å². The van der Waals surface area contributed by atoms with Crippen LogP contribution in [0.3, 0.4) is 0 Å². The number of oxazole rings is 1. The number of aromatic nitrogens is 2. The number of carbonyl (C=O) groups excluding carboxylic acids is 1. The van der Waals surface area contributed by atoms with E-state index in [9.17, 15) is 4.79 Å². The third-order valence-electron chi connectivity index (χ3n) is 6.80. The number of hydrogen-bond donors (Lipinski definition) is 2. The lowest BCUT2D eigenvalue weighted by Crippen LogP contribution is -2.27. The molecule has 0 fully saturated rings. The molecule has 200 valence electrons. The van der Waals surface area contributed by atoms with Crippen molar-refractivity contribution in [3.8, 4) is 5.75 Å². The number of para-hydroxylation sites is 1. The first kappa shape index (κ1) is 26.3. The molecule has 5 rings (SSSR count). The molecule has 0 saturated heterocycles. The minimum atomic E-state index is -0.252. The highest BCUT2D eigenvalue weighted by Crippen LogP contribution is 2.20. The van der Waals surface area contributed by atoms with Crippen LogP contribution in [0.4, 0.5) is 0 Å². The van der Waals surface area contributed by atoms with Crippen LogP contribution in [0.5, 0.6) is 5.75 Å². The van der Waals surface area contributed by atoms with Crippen LogP contribution < -0.4 is 10.1 Å². The number of hydrogen-bond acceptors (Lipinski definition) is 5. The molecule has 3 aromatic carbocycles. The molecule has 0 spiro atoms. The summed E-state index contributed by atoms with van der Waals surface area (Å²) in [6, 6.07) is 26.2. The van der Waals surface area contributed by atoms with E-state index in [4.69, 9.17) is 9.15 Å². The molecule has 0 bridgehead atoms. The number of fused-ring (bicyclic) bond motifs is 1. The van der Waals surface area contributed by atoms with E-state index in [-0.39, 0.29) is 17.6 Å². The number of nitrogens with one attached hydrogen (secondary N) is 2. The van der Waals surface area contributed by atoms with Gasteiger partial charge in [-0.05, 0) is 55.2 Å². The molecule has 1 amide bonds. The third kappa shape index (κ3) is 6.75. The summed E-state index contributed by atoms with van der Waals surface area (Å²) >= 11 is 0. The Morgan fingerprint density at radius 2 is 1.79 bits per heavy atom. The molecular weight excluding hydrogens is 488 g/mol. The van der Waals surface area contributed by atoms with Gasteiger partial charge in [-0.1, -0.05) is 60.7 Å². The zero-order valence-electron chi connectivity index (χ0n) is 22.4. The van der Waals surface area contributed by atoms with Crippen LogP contribution in [0.25, 0.3) is 10.9 Å². The van der Waals surface area contributed by atoms with Crippen molar-refractivity contribution in [1.29, 1.82) is 0 Å². The first-order chi connectivity index (χ1) is 19.1. The van der Waals surface area contributed by atoms with E-state index >= 15 is 0 Å². The highest BCUT2D eigenvalue weighted by atomic mass is 16.5. The molecule has 2 aromatic heterocycles. The summed E-state index contributed by atoms with van der Waals surface area (Å²) in [6.07, 6.45) is 4.39. The summed E-state index contributed by atoms with van der Waals surface area (Å²) in [5.74, 6) is 1.12. The van der Waals surface area contributed by atoms with E-state index < -0.39 is 0 Å². The lowest BCUT2D eigenvalue weighted by molar-refractivity contribution is 0.0934. The molecule has 5 aromatic rings. The van der Waals surface area contributed by atoms with Crippen molar-refractivity contribution in [3.63, 3.8) is 0 Å². The van der Waals surface area contributed by atoms with Crippen LogP contribution in [0.1, 0.15) is 53.0 Å². The van der Waals surface area contributed by atoms with Crippen LogP contribution >= 0.6 is 0 Å². The monoisotopic (exact) mass is 522 g/mol. The summed E-state index contributed by atoms with van der Waals surface area (Å²) in [5, 5.41) is 4.24. The number of amides is 1. The second kappa shape index (κ2) is 12.5. The Morgan fingerprint density at radius 3 is 2.59 bits per heavy atom. The maximum absolute atomic E-state index is 12.8. The summed E-state index contributed by atoms with van der Waals surface area (Å²) in [6.45, 7) is 6.57. The number of carbonyl (C=O) groups is 1. The smallest absolute Gasteiger partial charge is 0.273 e. The Balaban J connectivity index is 1.28. The van der Waals surface area contributed by atoms with Gasteiger partial charge in [0, 0.05) is 30.2 Å². The largest absolute Gasteiger partial charge is 0.494 e. The van der Waals surface area contributed by atoms with Crippen LogP contribution in [0.2, 0.25) is 0 Å². The standard InChI is InChI=1S/C32H34N4O3/c1-3-38-27-15-13-24(14-16-27)20-36(18-17-26-19-33-29-12-8-7-11-28(26)29)21-31-35-30(22-39-31)32(37)34-23(2)25-9-5-4-6-10-25/h4-16,19,22-23,33H,3,17-18,20-21H2,1-2H3,(H,34,37)/t23-/m0/s1. The highest BCUT2D eigenvalue weighted by Gasteiger charge is 2.18. The fraction of sp³-hybridized carbons (Fsp3) is 0.250. The third-order valence-corrected chi connectivity index (χ3v) is 6.80. The molecular formula is C32H34N4O3. The Morgan fingerprint density at radius 1 is 1.03 bits per heavy atom. The Labute approximate surface area is 228 Å². The number of rotatable bonds is 12. The van der Waals surface area contributed by atoms with Crippen molar-refractivity contribution in [2.75, 3.05) is 13.2 Å². The minimum Gasteiger partial charge on any atom is -0.494 e. The van der Waals surface area contributed by atoms with Gasteiger partial charge in [0.1, 0.15) is 12.0 Å². The van der Waals surface area contributed by atoms with E-state index in [2.05, 4.69) is 56.7 Å². The molecule has 2 N–H and O–H groups in total. The molecule has 0 aliphatic heterocycles. The Hall–Kier alpha value is -4.36. The van der Waals surface area contributed by atoms with Gasteiger partial charge in [-0.3, -0.25) is 9.69 Å². The molecule has 7 nitrogen and oxygen atoms in total. The number of nitrogens with zero attached hydrogens (tertiary/aromatic N) is 2. The average molecular weight is 523 g/mol. The van der Waals surface area contributed by atoms with Crippen molar-refractivity contribution in [2.45, 2.75) is 39.4 Å². The topological polar surface area (TPSA) is 83.4 Å². The van der Waals surface area contributed by atoms with Crippen LogP contribution in [-0.4, -0.2) is 33.9 Å². The predicted molar refractivity (Wildman–Crippen MR) is 153 cm³/mol. The van der Waals surface area contributed by atoms with Gasteiger partial charge in [0.25, 0.3) is 5.91 Å². The van der Waals surface area contributed by atoms with Crippen molar-refractivity contribution in [3.05, 3.63) is 120 Å². The Bertz CT molecular complexity index is 1490. The summed E-state index contributed by atoms with van der Waals surface area (Å²) in [5.41, 5.74) is 4.89. The lowest BCUT2D eigenvalue weighted by atomic mass is 10.1. The highest BCUT2D eigenvalue weighted by molar-refractivity contribution is 5.92. The number of H-pyrrole nitrogens is 1. The first-order valence-corrected chi connectivity index (χ1v) is 13.4. The zero-order valence-corrected chi connectivity index (χ0v) is 22.4. The van der Waals surface area contributed by atoms with E-state index in [1.165, 1.54) is 22.8 Å². The minimum absolute atomic E-state index is 0.133. The van der Waals surface area contributed by atoms with Crippen LogP contribution in [0, 0.1) is 0 Å². The van der Waals surface area contributed by atoms with E-state index in [1.54, 1.807) is 0 Å². The van der Waals surface area contributed by atoms with Gasteiger partial charge in [-0.25, -0.2) is 4.98 Å². The Kier molecular flexibility index (Phi) is 8.39. The van der Waals surface area contributed by atoms with E-state index in [0.717, 1.165) is 29.8 Å². The molecule has 1 atom stereocenters. The zero-order chi connectivity index (χ0) is 27.0. The van der Waals surface area contributed by atoms with Gasteiger partial charge in [-0.15, -0.1) is 0 Å². The van der Waals surface area contributed by atoms with Crippen molar-refractivity contribution in [2.24, 2.45) is 0 Å². The number of benzene rings is 3. The van der Waals surface area contributed by atoms with Crippen molar-refractivity contribution >= 4 is 16.8 Å². The molecule has 0 radical (unpaired) electrons.